The zero-order valence-electron chi connectivity index (χ0n) is 10.1. The van der Waals surface area contributed by atoms with E-state index in [1.807, 2.05) is 6.92 Å². The lowest BCUT2D eigenvalue weighted by Gasteiger charge is -2.30. The number of hydrogen-bond donors (Lipinski definition) is 1. The molecular weight excluding hydrogens is 218 g/mol. The summed E-state index contributed by atoms with van der Waals surface area (Å²) in [5, 5.41) is 13.4. The van der Waals surface area contributed by atoms with Crippen molar-refractivity contribution in [1.29, 1.82) is 0 Å². The van der Waals surface area contributed by atoms with Gasteiger partial charge in [-0.25, -0.2) is 4.98 Å². The molecule has 90 valence electrons. The molecule has 0 spiro atoms. The SMILES string of the molecule is Cc1nc(CC(O)C2CCCC(C)C2)cs1. The number of aliphatic hydroxyl groups is 1. The van der Waals surface area contributed by atoms with Crippen molar-refractivity contribution in [3.05, 3.63) is 16.1 Å². The molecule has 3 heteroatoms. The number of nitrogens with zero attached hydrogens (tertiary/aromatic N) is 1. The van der Waals surface area contributed by atoms with Crippen molar-refractivity contribution >= 4 is 11.3 Å². The molecule has 1 fully saturated rings. The molecule has 2 nitrogen and oxygen atoms in total. The van der Waals surface area contributed by atoms with Gasteiger partial charge in [-0.15, -0.1) is 11.3 Å². The fraction of sp³-hybridized carbons (Fsp3) is 0.769. The molecule has 1 aliphatic rings. The molecule has 0 aliphatic heterocycles. The molecule has 1 N–H and O–H groups in total. The van der Waals surface area contributed by atoms with Gasteiger partial charge in [-0.1, -0.05) is 19.8 Å². The van der Waals surface area contributed by atoms with Gasteiger partial charge in [0.15, 0.2) is 0 Å². The highest BCUT2D eigenvalue weighted by Crippen LogP contribution is 2.31. The van der Waals surface area contributed by atoms with E-state index in [9.17, 15) is 5.11 Å². The summed E-state index contributed by atoms with van der Waals surface area (Å²) < 4.78 is 0. The third-order valence-corrected chi connectivity index (χ3v) is 4.43. The topological polar surface area (TPSA) is 33.1 Å². The van der Waals surface area contributed by atoms with Gasteiger partial charge < -0.3 is 5.11 Å². The van der Waals surface area contributed by atoms with E-state index < -0.39 is 0 Å². The van der Waals surface area contributed by atoms with Crippen molar-refractivity contribution in [3.8, 4) is 0 Å². The van der Waals surface area contributed by atoms with Crippen LogP contribution in [0.3, 0.4) is 0 Å². The minimum Gasteiger partial charge on any atom is -0.392 e. The first kappa shape index (κ1) is 12.1. The smallest absolute Gasteiger partial charge is 0.0897 e. The highest BCUT2D eigenvalue weighted by molar-refractivity contribution is 7.09. The van der Waals surface area contributed by atoms with Gasteiger partial charge in [-0.3, -0.25) is 0 Å². The number of rotatable bonds is 3. The summed E-state index contributed by atoms with van der Waals surface area (Å²) in [6.07, 6.45) is 5.53. The van der Waals surface area contributed by atoms with Crippen molar-refractivity contribution < 1.29 is 5.11 Å². The lowest BCUT2D eigenvalue weighted by atomic mass is 9.78. The molecule has 1 heterocycles. The van der Waals surface area contributed by atoms with E-state index in [1.54, 1.807) is 11.3 Å². The Bertz CT molecular complexity index is 336. The number of hydrogen-bond acceptors (Lipinski definition) is 3. The number of aromatic nitrogens is 1. The minimum atomic E-state index is -0.191. The average molecular weight is 239 g/mol. The van der Waals surface area contributed by atoms with Crippen LogP contribution in [0.2, 0.25) is 0 Å². The van der Waals surface area contributed by atoms with Gasteiger partial charge in [0.25, 0.3) is 0 Å². The highest BCUT2D eigenvalue weighted by atomic mass is 32.1. The molecule has 0 saturated heterocycles. The maximum atomic E-state index is 10.2. The highest BCUT2D eigenvalue weighted by Gasteiger charge is 2.25. The molecule has 3 unspecified atom stereocenters. The van der Waals surface area contributed by atoms with E-state index in [1.165, 1.54) is 25.7 Å². The Balaban J connectivity index is 1.89. The second-order valence-corrected chi connectivity index (χ2v) is 6.22. The van der Waals surface area contributed by atoms with Crippen molar-refractivity contribution in [2.75, 3.05) is 0 Å². The summed E-state index contributed by atoms with van der Waals surface area (Å²) in [5.74, 6) is 1.27. The maximum Gasteiger partial charge on any atom is 0.0897 e. The third kappa shape index (κ3) is 3.05. The van der Waals surface area contributed by atoms with Gasteiger partial charge in [0.05, 0.1) is 16.8 Å². The molecule has 0 aromatic carbocycles. The fourth-order valence-corrected chi connectivity index (χ4v) is 3.34. The molecule has 1 aromatic rings. The predicted molar refractivity (Wildman–Crippen MR) is 67.7 cm³/mol. The second-order valence-electron chi connectivity index (χ2n) is 5.16. The maximum absolute atomic E-state index is 10.2. The van der Waals surface area contributed by atoms with Gasteiger partial charge in [-0.05, 0) is 31.6 Å². The molecule has 1 aliphatic carbocycles. The summed E-state index contributed by atoms with van der Waals surface area (Å²) in [6.45, 7) is 4.31. The molecule has 0 radical (unpaired) electrons. The normalized spacial score (nSPS) is 27.9. The van der Waals surface area contributed by atoms with E-state index in [-0.39, 0.29) is 6.10 Å². The van der Waals surface area contributed by atoms with Crippen molar-refractivity contribution in [2.45, 2.75) is 52.1 Å². The van der Waals surface area contributed by atoms with E-state index in [4.69, 9.17) is 0 Å². The summed E-state index contributed by atoms with van der Waals surface area (Å²) in [4.78, 5) is 4.42. The van der Waals surface area contributed by atoms with Gasteiger partial charge in [-0.2, -0.15) is 0 Å². The molecule has 1 aromatic heterocycles. The van der Waals surface area contributed by atoms with E-state index in [0.717, 1.165) is 23.0 Å². The Hall–Kier alpha value is -0.410. The Morgan fingerprint density at radius 1 is 1.56 bits per heavy atom. The van der Waals surface area contributed by atoms with Gasteiger partial charge >= 0.3 is 0 Å². The summed E-state index contributed by atoms with van der Waals surface area (Å²) in [6, 6.07) is 0. The van der Waals surface area contributed by atoms with E-state index >= 15 is 0 Å². The van der Waals surface area contributed by atoms with Crippen LogP contribution in [-0.2, 0) is 6.42 Å². The summed E-state index contributed by atoms with van der Waals surface area (Å²) in [7, 11) is 0. The van der Waals surface area contributed by atoms with Crippen LogP contribution < -0.4 is 0 Å². The summed E-state index contributed by atoms with van der Waals surface area (Å²) >= 11 is 1.67. The van der Waals surface area contributed by atoms with Crippen LogP contribution in [0, 0.1) is 18.8 Å². The van der Waals surface area contributed by atoms with Gasteiger partial charge in [0.2, 0.25) is 0 Å². The largest absolute Gasteiger partial charge is 0.392 e. The quantitative estimate of drug-likeness (QED) is 0.879. The average Bonchev–Trinajstić information content (AvgIpc) is 2.64. The Morgan fingerprint density at radius 3 is 3.00 bits per heavy atom. The first-order valence-electron chi connectivity index (χ1n) is 6.24. The van der Waals surface area contributed by atoms with Crippen molar-refractivity contribution in [3.63, 3.8) is 0 Å². The molecule has 2 rings (SSSR count). The molecule has 1 saturated carbocycles. The van der Waals surface area contributed by atoms with Crippen LogP contribution in [0.5, 0.6) is 0 Å². The Labute approximate surface area is 102 Å². The van der Waals surface area contributed by atoms with Crippen LogP contribution in [0.15, 0.2) is 5.38 Å². The Morgan fingerprint density at radius 2 is 2.38 bits per heavy atom. The lowest BCUT2D eigenvalue weighted by molar-refractivity contribution is 0.0713. The second kappa shape index (κ2) is 5.28. The number of thiazole rings is 1. The van der Waals surface area contributed by atoms with Gasteiger partial charge in [0, 0.05) is 11.8 Å². The fourth-order valence-electron chi connectivity index (χ4n) is 2.71. The first-order chi connectivity index (χ1) is 7.65. The molecule has 3 atom stereocenters. The monoisotopic (exact) mass is 239 g/mol. The van der Waals surface area contributed by atoms with Crippen LogP contribution in [0.4, 0.5) is 0 Å². The van der Waals surface area contributed by atoms with Crippen molar-refractivity contribution in [1.82, 2.24) is 4.98 Å². The molecule has 0 bridgehead atoms. The van der Waals surface area contributed by atoms with Crippen molar-refractivity contribution in [2.24, 2.45) is 11.8 Å². The predicted octanol–water partition coefficient (Wildman–Crippen LogP) is 3.18. The number of aliphatic hydroxyl groups excluding tert-OH is 1. The number of aryl methyl sites for hydroxylation is 1. The zero-order chi connectivity index (χ0) is 11.5. The zero-order valence-corrected chi connectivity index (χ0v) is 11.0. The Kier molecular flexibility index (Phi) is 3.98. The van der Waals surface area contributed by atoms with Gasteiger partial charge in [0.1, 0.15) is 0 Å². The lowest BCUT2D eigenvalue weighted by Crippen LogP contribution is -2.27. The van der Waals surface area contributed by atoms with Crippen LogP contribution in [0.25, 0.3) is 0 Å². The minimum absolute atomic E-state index is 0.191. The van der Waals surface area contributed by atoms with E-state index in [2.05, 4.69) is 17.3 Å². The summed E-state index contributed by atoms with van der Waals surface area (Å²) in [5.41, 5.74) is 1.06. The van der Waals surface area contributed by atoms with Crippen LogP contribution in [0.1, 0.15) is 43.3 Å². The molecular formula is C13H21NOS. The third-order valence-electron chi connectivity index (χ3n) is 3.61. The standard InChI is InChI=1S/C13H21NOS/c1-9-4-3-5-11(6-9)13(15)7-12-8-16-10(2)14-12/h8-9,11,13,15H,3-7H2,1-2H3. The first-order valence-corrected chi connectivity index (χ1v) is 7.12. The van der Waals surface area contributed by atoms with Crippen LogP contribution >= 0.6 is 11.3 Å². The molecule has 0 amide bonds. The molecule has 16 heavy (non-hydrogen) atoms. The van der Waals surface area contributed by atoms with Crippen LogP contribution in [-0.4, -0.2) is 16.2 Å². The van der Waals surface area contributed by atoms with E-state index in [0.29, 0.717) is 5.92 Å².